The summed E-state index contributed by atoms with van der Waals surface area (Å²) in [6.07, 6.45) is 2.49. The molecule has 1 heterocycles. The molecule has 0 N–H and O–H groups in total. The molecular formula is C16H13NO2S. The number of carbonyl (C=O) groups excluding carboxylic acids is 1. The summed E-state index contributed by atoms with van der Waals surface area (Å²) >= 11 is 1.79. The highest BCUT2D eigenvalue weighted by Gasteiger charge is 2.15. The molecule has 20 heavy (non-hydrogen) atoms. The van der Waals surface area contributed by atoms with Gasteiger partial charge in [-0.1, -0.05) is 41.2 Å². The first kappa shape index (κ1) is 12.9. The van der Waals surface area contributed by atoms with E-state index >= 15 is 0 Å². The minimum atomic E-state index is -0.413. The lowest BCUT2D eigenvalue weighted by atomic mass is 10.0. The molecule has 1 aliphatic rings. The summed E-state index contributed by atoms with van der Waals surface area (Å²) in [4.78, 5) is 17.8. The van der Waals surface area contributed by atoms with Gasteiger partial charge >= 0.3 is 5.97 Å². The second kappa shape index (κ2) is 5.51. The lowest BCUT2D eigenvalue weighted by molar-refractivity contribution is -0.140. The van der Waals surface area contributed by atoms with Gasteiger partial charge in [0.25, 0.3) is 0 Å². The van der Waals surface area contributed by atoms with Gasteiger partial charge in [0.15, 0.2) is 0 Å². The molecular weight excluding hydrogens is 270 g/mol. The third-order valence-electron chi connectivity index (χ3n) is 3.04. The third-order valence-corrected chi connectivity index (χ3v) is 4.28. The Hall–Kier alpha value is -2.07. The summed E-state index contributed by atoms with van der Waals surface area (Å²) in [7, 11) is 0. The average Bonchev–Trinajstić information content (AvgIpc) is 2.44. The normalized spacial score (nSPS) is 12.8. The highest BCUT2D eigenvalue weighted by atomic mass is 32.2. The van der Waals surface area contributed by atoms with Crippen LogP contribution < -0.4 is 0 Å². The van der Waals surface area contributed by atoms with Crippen LogP contribution in [0.25, 0.3) is 0 Å². The predicted octanol–water partition coefficient (Wildman–Crippen LogP) is 3.64. The van der Waals surface area contributed by atoms with Crippen molar-refractivity contribution in [1.82, 2.24) is 0 Å². The van der Waals surface area contributed by atoms with Crippen molar-refractivity contribution in [3.8, 4) is 0 Å². The molecule has 3 rings (SSSR count). The van der Waals surface area contributed by atoms with Gasteiger partial charge in [0.2, 0.25) is 0 Å². The van der Waals surface area contributed by atoms with Crippen LogP contribution in [0.3, 0.4) is 0 Å². The third kappa shape index (κ3) is 2.75. The summed E-state index contributed by atoms with van der Waals surface area (Å²) in [6.45, 7) is 1.33. The van der Waals surface area contributed by atoms with E-state index in [-0.39, 0.29) is 0 Å². The fourth-order valence-electron chi connectivity index (χ4n) is 2.15. The van der Waals surface area contributed by atoms with Crippen molar-refractivity contribution in [2.75, 3.05) is 0 Å². The average molecular weight is 283 g/mol. The Labute approximate surface area is 121 Å². The molecule has 0 amide bonds. The lowest BCUT2D eigenvalue weighted by Gasteiger charge is -2.18. The van der Waals surface area contributed by atoms with E-state index in [9.17, 15) is 4.79 Å². The Balaban J connectivity index is 1.84. The van der Waals surface area contributed by atoms with Crippen LogP contribution in [0, 0.1) is 0 Å². The Morgan fingerprint density at radius 2 is 2.00 bits per heavy atom. The zero-order valence-electron chi connectivity index (χ0n) is 11.0. The van der Waals surface area contributed by atoms with Crippen molar-refractivity contribution in [3.05, 3.63) is 59.2 Å². The molecule has 0 saturated heterocycles. The standard InChI is InChI=1S/C16H13NO2S/c1-11(18)19-17-10-12-6-7-16-14(8-12)9-13-4-2-3-5-15(13)20-16/h2-8,10H,9H2,1H3. The molecule has 0 bridgehead atoms. The van der Waals surface area contributed by atoms with Crippen LogP contribution in [0.5, 0.6) is 0 Å². The number of nitrogens with zero attached hydrogens (tertiary/aromatic N) is 1. The van der Waals surface area contributed by atoms with Crippen molar-refractivity contribution in [2.45, 2.75) is 23.1 Å². The Morgan fingerprint density at radius 1 is 1.20 bits per heavy atom. The molecule has 3 nitrogen and oxygen atoms in total. The number of hydrogen-bond donors (Lipinski definition) is 0. The van der Waals surface area contributed by atoms with Crippen LogP contribution in [0.4, 0.5) is 0 Å². The van der Waals surface area contributed by atoms with Gasteiger partial charge < -0.3 is 4.84 Å². The molecule has 0 unspecified atom stereocenters. The van der Waals surface area contributed by atoms with Crippen molar-refractivity contribution in [2.24, 2.45) is 5.16 Å². The molecule has 0 aliphatic carbocycles. The van der Waals surface area contributed by atoms with Gasteiger partial charge in [-0.2, -0.15) is 0 Å². The number of hydrogen-bond acceptors (Lipinski definition) is 4. The molecule has 0 saturated carbocycles. The van der Waals surface area contributed by atoms with E-state index < -0.39 is 5.97 Å². The second-order valence-electron chi connectivity index (χ2n) is 4.57. The van der Waals surface area contributed by atoms with Gasteiger partial charge in [-0.05, 0) is 41.3 Å². The molecule has 0 fully saturated rings. The van der Waals surface area contributed by atoms with Crippen molar-refractivity contribution in [1.29, 1.82) is 0 Å². The zero-order chi connectivity index (χ0) is 13.9. The lowest BCUT2D eigenvalue weighted by Crippen LogP contribution is -2.00. The molecule has 4 heteroatoms. The molecule has 2 aromatic carbocycles. The molecule has 0 radical (unpaired) electrons. The van der Waals surface area contributed by atoms with Gasteiger partial charge in [0.1, 0.15) is 0 Å². The summed E-state index contributed by atoms with van der Waals surface area (Å²) in [5.74, 6) is -0.413. The van der Waals surface area contributed by atoms with Crippen molar-refractivity contribution in [3.63, 3.8) is 0 Å². The number of fused-ring (bicyclic) bond motifs is 2. The summed E-state index contributed by atoms with van der Waals surface area (Å²) in [5.41, 5.74) is 3.56. The quantitative estimate of drug-likeness (QED) is 0.409. The molecule has 0 spiro atoms. The topological polar surface area (TPSA) is 38.7 Å². The maximum Gasteiger partial charge on any atom is 0.331 e. The van der Waals surface area contributed by atoms with Gasteiger partial charge in [-0.25, -0.2) is 4.79 Å². The van der Waals surface area contributed by atoms with Crippen LogP contribution in [-0.2, 0) is 16.1 Å². The second-order valence-corrected chi connectivity index (χ2v) is 5.65. The smallest absolute Gasteiger partial charge is 0.319 e. The van der Waals surface area contributed by atoms with Crippen LogP contribution in [0.2, 0.25) is 0 Å². The molecule has 0 atom stereocenters. The Morgan fingerprint density at radius 3 is 2.85 bits per heavy atom. The van der Waals surface area contributed by atoms with Gasteiger partial charge in [0.05, 0.1) is 6.21 Å². The van der Waals surface area contributed by atoms with Crippen LogP contribution in [0.1, 0.15) is 23.6 Å². The van der Waals surface area contributed by atoms with Crippen molar-refractivity contribution < 1.29 is 9.63 Å². The fraction of sp³-hybridized carbons (Fsp3) is 0.125. The fourth-order valence-corrected chi connectivity index (χ4v) is 3.21. The van der Waals surface area contributed by atoms with E-state index in [4.69, 9.17) is 0 Å². The maximum atomic E-state index is 10.7. The minimum absolute atomic E-state index is 0.413. The first-order chi connectivity index (χ1) is 9.72. The van der Waals surface area contributed by atoms with Crippen LogP contribution in [-0.4, -0.2) is 12.2 Å². The predicted molar refractivity (Wildman–Crippen MR) is 79.2 cm³/mol. The highest BCUT2D eigenvalue weighted by Crippen LogP contribution is 2.39. The Bertz CT molecular complexity index is 695. The molecule has 0 aromatic heterocycles. The Kier molecular flexibility index (Phi) is 3.56. The van der Waals surface area contributed by atoms with Crippen LogP contribution in [0.15, 0.2) is 57.4 Å². The van der Waals surface area contributed by atoms with Gasteiger partial charge in [-0.3, -0.25) is 0 Å². The van der Waals surface area contributed by atoms with Gasteiger partial charge in [-0.15, -0.1) is 0 Å². The number of benzene rings is 2. The molecule has 2 aromatic rings. The summed E-state index contributed by atoms with van der Waals surface area (Å²) in [5, 5.41) is 3.65. The number of carbonyl (C=O) groups is 1. The minimum Gasteiger partial charge on any atom is -0.319 e. The largest absolute Gasteiger partial charge is 0.331 e. The maximum absolute atomic E-state index is 10.7. The first-order valence-corrected chi connectivity index (χ1v) is 7.13. The van der Waals surface area contributed by atoms with Crippen molar-refractivity contribution >= 4 is 23.9 Å². The van der Waals surface area contributed by atoms with E-state index in [1.54, 1.807) is 18.0 Å². The molecule has 1 aliphatic heterocycles. The van der Waals surface area contributed by atoms with E-state index in [2.05, 4.69) is 46.4 Å². The van der Waals surface area contributed by atoms with E-state index in [1.807, 2.05) is 6.07 Å². The first-order valence-electron chi connectivity index (χ1n) is 6.32. The van der Waals surface area contributed by atoms with Crippen LogP contribution >= 0.6 is 11.8 Å². The van der Waals surface area contributed by atoms with E-state index in [1.165, 1.54) is 27.8 Å². The molecule has 100 valence electrons. The summed E-state index contributed by atoms with van der Waals surface area (Å²) < 4.78 is 0. The summed E-state index contributed by atoms with van der Waals surface area (Å²) in [6, 6.07) is 14.6. The number of oxime groups is 1. The van der Waals surface area contributed by atoms with E-state index in [0.717, 1.165) is 12.0 Å². The highest BCUT2D eigenvalue weighted by molar-refractivity contribution is 7.99. The van der Waals surface area contributed by atoms with Gasteiger partial charge in [0, 0.05) is 16.7 Å². The monoisotopic (exact) mass is 283 g/mol. The van der Waals surface area contributed by atoms with E-state index in [0.29, 0.717) is 0 Å². The number of rotatable bonds is 2. The zero-order valence-corrected chi connectivity index (χ0v) is 11.8. The SMILES string of the molecule is CC(=O)ON=Cc1ccc2c(c1)Cc1ccccc1S2.